The van der Waals surface area contributed by atoms with Crippen LogP contribution in [0.25, 0.3) is 0 Å². The van der Waals surface area contributed by atoms with Gasteiger partial charge in [-0.25, -0.2) is 4.21 Å². The van der Waals surface area contributed by atoms with Crippen molar-refractivity contribution in [3.05, 3.63) is 47.2 Å². The van der Waals surface area contributed by atoms with Crippen LogP contribution in [0.5, 0.6) is 0 Å². The Morgan fingerprint density at radius 2 is 1.80 bits per heavy atom. The Labute approximate surface area is 113 Å². The van der Waals surface area contributed by atoms with E-state index in [1.807, 2.05) is 0 Å². The minimum absolute atomic E-state index is 0.210. The molecule has 0 spiro atoms. The molecule has 2 aliphatic heterocycles. The molecule has 20 heavy (non-hydrogen) atoms. The highest BCUT2D eigenvalue weighted by atomic mass is 32.2. The molecule has 0 saturated carbocycles. The van der Waals surface area contributed by atoms with Gasteiger partial charge >= 0.3 is 6.18 Å². The molecule has 1 aromatic rings. The summed E-state index contributed by atoms with van der Waals surface area (Å²) >= 11 is 0. The maximum atomic E-state index is 13.2. The van der Waals surface area contributed by atoms with Gasteiger partial charge in [-0.2, -0.15) is 17.6 Å². The van der Waals surface area contributed by atoms with Crippen LogP contribution in [0.3, 0.4) is 0 Å². The number of rotatable bonds is 1. The fourth-order valence-corrected chi connectivity index (χ4v) is 2.68. The molecule has 0 bridgehead atoms. The van der Waals surface area contributed by atoms with Gasteiger partial charge < -0.3 is 0 Å². The third-order valence-electron chi connectivity index (χ3n) is 2.63. The molecule has 1 aromatic carbocycles. The van der Waals surface area contributed by atoms with Gasteiger partial charge in [-0.3, -0.25) is 0 Å². The van der Waals surface area contributed by atoms with Gasteiger partial charge in [0.2, 0.25) is 5.04 Å². The van der Waals surface area contributed by atoms with E-state index in [0.29, 0.717) is 0 Å². The van der Waals surface area contributed by atoms with Crippen molar-refractivity contribution in [3.8, 4) is 0 Å². The van der Waals surface area contributed by atoms with Crippen molar-refractivity contribution in [3.63, 3.8) is 0 Å². The monoisotopic (exact) mass is 298 g/mol. The number of halogens is 3. The molecule has 5 nitrogen and oxygen atoms in total. The molecule has 1 atom stereocenters. The number of hydrogen-bond donors (Lipinski definition) is 0. The second-order valence-corrected chi connectivity index (χ2v) is 4.94. The van der Waals surface area contributed by atoms with E-state index in [2.05, 4.69) is 19.8 Å². The Balaban J connectivity index is 2.26. The maximum absolute atomic E-state index is 13.2. The highest BCUT2D eigenvalue weighted by molar-refractivity contribution is 8.00. The van der Waals surface area contributed by atoms with E-state index in [-0.39, 0.29) is 10.6 Å². The summed E-state index contributed by atoms with van der Waals surface area (Å²) in [6.45, 7) is 0. The van der Waals surface area contributed by atoms with Crippen LogP contribution in [-0.4, -0.2) is 21.1 Å². The predicted octanol–water partition coefficient (Wildman–Crippen LogP) is 2.75. The summed E-state index contributed by atoms with van der Waals surface area (Å²) < 4.78 is 55.2. The molecule has 9 heteroatoms. The Hall–Kier alpha value is -2.16. The fourth-order valence-electron chi connectivity index (χ4n) is 1.82. The lowest BCUT2D eigenvalue weighted by Gasteiger charge is -2.18. The Morgan fingerprint density at radius 1 is 1.10 bits per heavy atom. The molecule has 1 unspecified atom stereocenters. The first-order valence-corrected chi connectivity index (χ1v) is 6.46. The molecule has 2 heterocycles. The zero-order chi connectivity index (χ0) is 14.3. The number of allylic oxidation sites excluding steroid dienone is 1. The van der Waals surface area contributed by atoms with Gasteiger partial charge in [-0.05, 0) is 5.22 Å². The summed E-state index contributed by atoms with van der Waals surface area (Å²) in [6.07, 6.45) is -4.70. The smallest absolute Gasteiger partial charge is 0.228 e. The molecule has 0 aliphatic carbocycles. The Morgan fingerprint density at radius 3 is 2.45 bits per heavy atom. The van der Waals surface area contributed by atoms with Crippen molar-refractivity contribution in [2.75, 3.05) is 0 Å². The van der Waals surface area contributed by atoms with Gasteiger partial charge in [0.1, 0.15) is 11.3 Å². The van der Waals surface area contributed by atoms with Crippen LogP contribution in [0.15, 0.2) is 61.4 Å². The molecule has 3 rings (SSSR count). The summed E-state index contributed by atoms with van der Waals surface area (Å²) in [5, 5.41) is 9.47. The van der Waals surface area contributed by atoms with Gasteiger partial charge in [0.15, 0.2) is 11.0 Å². The van der Waals surface area contributed by atoms with E-state index >= 15 is 0 Å². The third kappa shape index (κ3) is 1.99. The van der Waals surface area contributed by atoms with Gasteiger partial charge in [0.05, 0.1) is 5.71 Å². The average molecular weight is 298 g/mol. The van der Waals surface area contributed by atoms with Crippen LogP contribution in [0, 0.1) is 0 Å². The highest BCUT2D eigenvalue weighted by Gasteiger charge is 2.46. The van der Waals surface area contributed by atoms with Crippen LogP contribution in [0.1, 0.15) is 5.56 Å². The molecule has 0 fully saturated rings. The zero-order valence-corrected chi connectivity index (χ0v) is 10.4. The lowest BCUT2D eigenvalue weighted by molar-refractivity contribution is -0.0865. The van der Waals surface area contributed by atoms with Crippen molar-refractivity contribution >= 4 is 21.7 Å². The third-order valence-corrected chi connectivity index (χ3v) is 3.58. The van der Waals surface area contributed by atoms with Crippen LogP contribution in [0.2, 0.25) is 0 Å². The topological polar surface area (TPSA) is 66.5 Å². The first-order valence-electron chi connectivity index (χ1n) is 5.35. The zero-order valence-electron chi connectivity index (χ0n) is 9.63. The van der Waals surface area contributed by atoms with Crippen molar-refractivity contribution in [1.29, 1.82) is 0 Å². The Bertz CT molecular complexity index is 719. The van der Waals surface area contributed by atoms with Crippen molar-refractivity contribution in [2.24, 2.45) is 19.8 Å². The number of fused-ring (bicyclic) bond motifs is 1. The van der Waals surface area contributed by atoms with Crippen LogP contribution < -0.4 is 0 Å². The van der Waals surface area contributed by atoms with E-state index < -0.39 is 34.1 Å². The normalized spacial score (nSPS) is 21.6. The summed E-state index contributed by atoms with van der Waals surface area (Å²) in [6, 6.07) is 7.71. The Kier molecular flexibility index (Phi) is 2.85. The molecule has 0 saturated heterocycles. The highest BCUT2D eigenvalue weighted by Crippen LogP contribution is 2.37. The van der Waals surface area contributed by atoms with Gasteiger partial charge in [-0.15, -0.1) is 10.2 Å². The lowest BCUT2D eigenvalue weighted by Crippen LogP contribution is -2.29. The average Bonchev–Trinajstić information content (AvgIpc) is 2.87. The number of alkyl halides is 3. The minimum atomic E-state index is -4.70. The van der Waals surface area contributed by atoms with Gasteiger partial charge in [-0.1, -0.05) is 30.3 Å². The maximum Gasteiger partial charge on any atom is 0.420 e. The van der Waals surface area contributed by atoms with Gasteiger partial charge in [0, 0.05) is 5.56 Å². The number of nitrogens with zero attached hydrogens (tertiary/aromatic N) is 4. The summed E-state index contributed by atoms with van der Waals surface area (Å²) in [5.74, 6) is 0. The number of benzene rings is 1. The SMILES string of the molecule is O=S1N=C(c2ccccc2)C(C(F)(F)F)=C2N=NN=C21. The molecule has 0 radical (unpaired) electrons. The molecular formula is C11H5F3N4OS. The van der Waals surface area contributed by atoms with Gasteiger partial charge in [0.25, 0.3) is 0 Å². The summed E-state index contributed by atoms with van der Waals surface area (Å²) in [4.78, 5) is 0. The quantitative estimate of drug-likeness (QED) is 0.786. The first kappa shape index (κ1) is 12.9. The molecule has 0 aromatic heterocycles. The van der Waals surface area contributed by atoms with E-state index in [1.54, 1.807) is 18.2 Å². The van der Waals surface area contributed by atoms with Crippen molar-refractivity contribution in [2.45, 2.75) is 6.18 Å². The largest absolute Gasteiger partial charge is 0.420 e. The lowest BCUT2D eigenvalue weighted by atomic mass is 10.0. The van der Waals surface area contributed by atoms with E-state index in [1.165, 1.54) is 12.1 Å². The first-order chi connectivity index (χ1) is 9.48. The molecule has 0 amide bonds. The molecule has 102 valence electrons. The second kappa shape index (κ2) is 4.44. The van der Waals surface area contributed by atoms with Crippen LogP contribution in [-0.2, 0) is 11.0 Å². The van der Waals surface area contributed by atoms with Crippen molar-refractivity contribution < 1.29 is 17.4 Å². The molecular weight excluding hydrogens is 293 g/mol. The minimum Gasteiger partial charge on any atom is -0.228 e. The summed E-state index contributed by atoms with van der Waals surface area (Å²) in [7, 11) is -2.04. The molecule has 0 N–H and O–H groups in total. The second-order valence-electron chi connectivity index (χ2n) is 3.87. The predicted molar refractivity (Wildman–Crippen MR) is 66.5 cm³/mol. The van der Waals surface area contributed by atoms with Crippen LogP contribution >= 0.6 is 0 Å². The van der Waals surface area contributed by atoms with Crippen molar-refractivity contribution in [1.82, 2.24) is 0 Å². The molecule has 2 aliphatic rings. The summed E-state index contributed by atoms with van der Waals surface area (Å²) in [5.41, 5.74) is -1.79. The number of hydrogen-bond acceptors (Lipinski definition) is 4. The van der Waals surface area contributed by atoms with E-state index in [4.69, 9.17) is 0 Å². The van der Waals surface area contributed by atoms with Crippen LogP contribution in [0.4, 0.5) is 13.2 Å². The standard InChI is InChI=1S/C11H5F3N4OS/c12-11(13,14)7-8(6-4-2-1-3-5-6)17-20(19)10-9(7)15-18-16-10/h1-5H. The van der Waals surface area contributed by atoms with E-state index in [0.717, 1.165) is 0 Å². The fraction of sp³-hybridized carbons (Fsp3) is 0.0909. The van der Waals surface area contributed by atoms with E-state index in [9.17, 15) is 17.4 Å².